The largest absolute Gasteiger partial charge is 0.321 e. The maximum absolute atomic E-state index is 12.3. The molecule has 1 aliphatic rings. The molecule has 1 aliphatic heterocycles. The van der Waals surface area contributed by atoms with E-state index in [9.17, 15) is 13.2 Å². The highest BCUT2D eigenvalue weighted by Gasteiger charge is 2.25. The maximum Gasteiger partial charge on any atom is 0.257 e. The maximum atomic E-state index is 12.3. The Labute approximate surface area is 133 Å². The molecule has 2 aromatic rings. The number of carbonyl (C=O) groups is 1. The lowest BCUT2D eigenvalue weighted by Gasteiger charge is -2.02. The number of benzene rings is 2. The van der Waals surface area contributed by atoms with E-state index in [2.05, 4.69) is 5.32 Å². The molecule has 0 aromatic heterocycles. The highest BCUT2D eigenvalue weighted by Crippen LogP contribution is 2.32. The minimum Gasteiger partial charge on any atom is -0.321 e. The van der Waals surface area contributed by atoms with Crippen LogP contribution >= 0.6 is 11.6 Å². The van der Waals surface area contributed by atoms with E-state index in [0.29, 0.717) is 21.8 Å². The van der Waals surface area contributed by atoms with Crippen LogP contribution in [0.2, 0.25) is 5.02 Å². The molecule has 0 saturated heterocycles. The van der Waals surface area contributed by atoms with Crippen LogP contribution in [0.25, 0.3) is 5.57 Å². The second-order valence-corrected chi connectivity index (χ2v) is 7.25. The number of fused-ring (bicyclic) bond motifs is 1. The van der Waals surface area contributed by atoms with Gasteiger partial charge < -0.3 is 5.32 Å². The van der Waals surface area contributed by atoms with Crippen LogP contribution in [0, 0.1) is 0 Å². The molecular weight excluding hydrogens is 322 g/mol. The molecule has 1 N–H and O–H groups in total. The third-order valence-corrected chi connectivity index (χ3v) is 4.83. The lowest BCUT2D eigenvalue weighted by Crippen LogP contribution is -2.07. The molecule has 1 heterocycles. The number of hydrogen-bond donors (Lipinski definition) is 1. The van der Waals surface area contributed by atoms with Crippen LogP contribution in [-0.4, -0.2) is 14.3 Å². The Morgan fingerprint density at radius 1 is 1.09 bits per heavy atom. The van der Waals surface area contributed by atoms with E-state index in [-0.39, 0.29) is 11.3 Å². The summed E-state index contributed by atoms with van der Waals surface area (Å²) >= 11 is 5.86. The van der Waals surface area contributed by atoms with Crippen molar-refractivity contribution in [2.75, 3.05) is 5.32 Å². The first kappa shape index (κ1) is 14.8. The normalized spacial score (nSPS) is 15.7. The Hall–Kier alpha value is -2.11. The van der Waals surface area contributed by atoms with E-state index in [1.165, 1.54) is 0 Å². The highest BCUT2D eigenvalue weighted by molar-refractivity contribution is 7.93. The number of para-hydroxylation sites is 1. The van der Waals surface area contributed by atoms with E-state index < -0.39 is 15.7 Å². The summed E-state index contributed by atoms with van der Waals surface area (Å²) in [4.78, 5) is 12.0. The molecule has 0 bridgehead atoms. The number of anilines is 1. The molecule has 3 rings (SSSR count). The molecule has 0 spiro atoms. The molecule has 0 fully saturated rings. The van der Waals surface area contributed by atoms with Gasteiger partial charge in [-0.3, -0.25) is 4.79 Å². The molecular formula is C16H12ClNO3S. The van der Waals surface area contributed by atoms with Gasteiger partial charge in [0, 0.05) is 21.7 Å². The average Bonchev–Trinajstić information content (AvgIpc) is 2.74. The average molecular weight is 334 g/mol. The molecule has 0 atom stereocenters. The van der Waals surface area contributed by atoms with Gasteiger partial charge in [0.1, 0.15) is 0 Å². The second kappa shape index (κ2) is 5.59. The monoisotopic (exact) mass is 333 g/mol. The van der Waals surface area contributed by atoms with Gasteiger partial charge in [0.05, 0.1) is 11.3 Å². The van der Waals surface area contributed by atoms with Crippen LogP contribution in [0.15, 0.2) is 53.9 Å². The van der Waals surface area contributed by atoms with Crippen molar-refractivity contribution in [1.29, 1.82) is 0 Å². The first-order chi connectivity index (χ1) is 10.4. The van der Waals surface area contributed by atoms with Crippen molar-refractivity contribution in [2.45, 2.75) is 5.75 Å². The van der Waals surface area contributed by atoms with Gasteiger partial charge in [-0.25, -0.2) is 8.42 Å². The smallest absolute Gasteiger partial charge is 0.257 e. The molecule has 1 amide bonds. The summed E-state index contributed by atoms with van der Waals surface area (Å²) in [6.07, 6.45) is 0. The Morgan fingerprint density at radius 3 is 2.64 bits per heavy atom. The molecule has 0 unspecified atom stereocenters. The molecule has 0 saturated carbocycles. The van der Waals surface area contributed by atoms with Crippen LogP contribution in [0.4, 0.5) is 5.69 Å². The van der Waals surface area contributed by atoms with Crippen molar-refractivity contribution in [3.63, 3.8) is 0 Å². The van der Waals surface area contributed by atoms with Crippen molar-refractivity contribution >= 4 is 38.6 Å². The van der Waals surface area contributed by atoms with E-state index in [1.807, 2.05) is 0 Å². The van der Waals surface area contributed by atoms with Crippen LogP contribution in [0.1, 0.15) is 11.1 Å². The second-order valence-electron chi connectivity index (χ2n) is 4.97. The van der Waals surface area contributed by atoms with Crippen LogP contribution in [-0.2, 0) is 20.4 Å². The van der Waals surface area contributed by atoms with Gasteiger partial charge in [0.25, 0.3) is 5.91 Å². The van der Waals surface area contributed by atoms with Crippen molar-refractivity contribution in [3.8, 4) is 0 Å². The van der Waals surface area contributed by atoms with Crippen molar-refractivity contribution in [2.24, 2.45) is 0 Å². The number of carbonyl (C=O) groups excluding carboxylic acids is 1. The van der Waals surface area contributed by atoms with Gasteiger partial charge in [-0.15, -0.1) is 0 Å². The zero-order chi connectivity index (χ0) is 15.7. The molecule has 22 heavy (non-hydrogen) atoms. The Balaban J connectivity index is 1.95. The first-order valence-corrected chi connectivity index (χ1v) is 8.64. The van der Waals surface area contributed by atoms with Gasteiger partial charge in [-0.05, 0) is 23.8 Å². The summed E-state index contributed by atoms with van der Waals surface area (Å²) in [7, 11) is -3.59. The van der Waals surface area contributed by atoms with Crippen LogP contribution in [0.5, 0.6) is 0 Å². The van der Waals surface area contributed by atoms with Crippen LogP contribution in [0.3, 0.4) is 0 Å². The summed E-state index contributed by atoms with van der Waals surface area (Å²) in [6.45, 7) is 0. The first-order valence-electron chi connectivity index (χ1n) is 6.54. The Morgan fingerprint density at radius 2 is 1.86 bits per heavy atom. The summed E-state index contributed by atoms with van der Waals surface area (Å²) in [5.41, 5.74) is 1.97. The zero-order valence-electron chi connectivity index (χ0n) is 11.4. The lowest BCUT2D eigenvalue weighted by molar-refractivity contribution is -0.110. The lowest BCUT2D eigenvalue weighted by atomic mass is 10.1. The predicted octanol–water partition coefficient (Wildman–Crippen LogP) is 3.25. The van der Waals surface area contributed by atoms with Gasteiger partial charge >= 0.3 is 0 Å². The molecule has 0 radical (unpaired) electrons. The SMILES string of the molecule is O=C1Nc2ccccc2C1=CS(=O)(=O)Cc1cccc(Cl)c1. The van der Waals surface area contributed by atoms with Crippen molar-refractivity contribution < 1.29 is 13.2 Å². The summed E-state index contributed by atoms with van der Waals surface area (Å²) in [5, 5.41) is 4.16. The minimum atomic E-state index is -3.59. The third kappa shape index (κ3) is 3.05. The van der Waals surface area contributed by atoms with Crippen LogP contribution < -0.4 is 5.32 Å². The molecule has 4 nitrogen and oxygen atoms in total. The summed E-state index contributed by atoms with van der Waals surface area (Å²) in [6, 6.07) is 13.6. The molecule has 6 heteroatoms. The van der Waals surface area contributed by atoms with Gasteiger partial charge in [-0.2, -0.15) is 0 Å². The highest BCUT2D eigenvalue weighted by atomic mass is 35.5. The summed E-state index contributed by atoms with van der Waals surface area (Å²) < 4.78 is 24.6. The predicted molar refractivity (Wildman–Crippen MR) is 87.1 cm³/mol. The third-order valence-electron chi connectivity index (χ3n) is 3.26. The number of nitrogens with one attached hydrogen (secondary N) is 1. The topological polar surface area (TPSA) is 63.2 Å². The van der Waals surface area contributed by atoms with Gasteiger partial charge in [-0.1, -0.05) is 41.9 Å². The molecule has 112 valence electrons. The van der Waals surface area contributed by atoms with E-state index in [1.54, 1.807) is 48.5 Å². The fourth-order valence-electron chi connectivity index (χ4n) is 2.34. The number of amides is 1. The number of hydrogen-bond acceptors (Lipinski definition) is 3. The zero-order valence-corrected chi connectivity index (χ0v) is 13.0. The number of sulfone groups is 1. The standard InChI is InChI=1S/C16H12ClNO3S/c17-12-5-3-4-11(8-12)9-22(20,21)10-14-13-6-1-2-7-15(13)18-16(14)19/h1-8,10H,9H2,(H,18,19). The number of halogens is 1. The molecule has 2 aromatic carbocycles. The van der Waals surface area contributed by atoms with E-state index in [4.69, 9.17) is 11.6 Å². The van der Waals surface area contributed by atoms with Crippen molar-refractivity contribution in [1.82, 2.24) is 0 Å². The van der Waals surface area contributed by atoms with Gasteiger partial charge in [0.15, 0.2) is 9.84 Å². The van der Waals surface area contributed by atoms with E-state index in [0.717, 1.165) is 5.41 Å². The van der Waals surface area contributed by atoms with E-state index >= 15 is 0 Å². The Kier molecular flexibility index (Phi) is 3.76. The van der Waals surface area contributed by atoms with Crippen molar-refractivity contribution in [3.05, 3.63) is 70.1 Å². The summed E-state index contributed by atoms with van der Waals surface area (Å²) in [5.74, 6) is -0.608. The Bertz CT molecular complexity index is 888. The fourth-order valence-corrected chi connectivity index (χ4v) is 3.87. The minimum absolute atomic E-state index is 0.164. The van der Waals surface area contributed by atoms with Gasteiger partial charge in [0.2, 0.25) is 0 Å². The molecule has 0 aliphatic carbocycles. The number of rotatable bonds is 3. The fraction of sp³-hybridized carbons (Fsp3) is 0.0625. The quantitative estimate of drug-likeness (QED) is 0.877.